The van der Waals surface area contributed by atoms with E-state index in [9.17, 15) is 4.79 Å². The third-order valence-corrected chi connectivity index (χ3v) is 5.92. The molecule has 0 fully saturated rings. The predicted molar refractivity (Wildman–Crippen MR) is 105 cm³/mol. The summed E-state index contributed by atoms with van der Waals surface area (Å²) in [6.45, 7) is 2.00. The fourth-order valence-corrected chi connectivity index (χ4v) is 4.67. The molecule has 4 rings (SSSR count). The van der Waals surface area contributed by atoms with Crippen molar-refractivity contribution >= 4 is 39.4 Å². The quantitative estimate of drug-likeness (QED) is 0.660. The largest absolute Gasteiger partial charge is 0.310 e. The molecule has 0 radical (unpaired) electrons. The van der Waals surface area contributed by atoms with Gasteiger partial charge in [0, 0.05) is 10.0 Å². The van der Waals surface area contributed by atoms with E-state index in [2.05, 4.69) is 33.4 Å². The first-order valence-electron chi connectivity index (χ1n) is 7.95. The summed E-state index contributed by atoms with van der Waals surface area (Å²) in [7, 11) is 0. The number of rotatable bonds is 2. The van der Waals surface area contributed by atoms with E-state index in [1.165, 1.54) is 0 Å². The first-order chi connectivity index (χ1) is 12.1. The summed E-state index contributed by atoms with van der Waals surface area (Å²) in [5.41, 5.74) is 4.09. The zero-order chi connectivity index (χ0) is 17.4. The zero-order valence-electron chi connectivity index (χ0n) is 13.6. The van der Waals surface area contributed by atoms with Gasteiger partial charge in [0.2, 0.25) is 5.91 Å². The first kappa shape index (κ1) is 16.4. The Morgan fingerprint density at radius 3 is 2.76 bits per heavy atom. The number of nitrogens with one attached hydrogen (secondary N) is 1. The summed E-state index contributed by atoms with van der Waals surface area (Å²) in [5, 5.41) is 7.83. The van der Waals surface area contributed by atoms with Crippen LogP contribution in [0.5, 0.6) is 0 Å². The van der Waals surface area contributed by atoms with E-state index in [1.807, 2.05) is 54.1 Å². The molecule has 4 nitrogen and oxygen atoms in total. The number of hydrogen-bond donors (Lipinski definition) is 1. The Morgan fingerprint density at radius 2 is 2.00 bits per heavy atom. The molecule has 0 aliphatic carbocycles. The molecule has 0 saturated heterocycles. The Morgan fingerprint density at radius 1 is 1.20 bits per heavy atom. The highest BCUT2D eigenvalue weighted by atomic mass is 79.9. The molecule has 6 heteroatoms. The van der Waals surface area contributed by atoms with E-state index in [0.29, 0.717) is 5.75 Å². The molecular formula is C19H16BrN3OS. The average Bonchev–Trinajstić information content (AvgIpc) is 2.82. The van der Waals surface area contributed by atoms with Gasteiger partial charge in [-0.3, -0.25) is 4.79 Å². The highest BCUT2D eigenvalue weighted by molar-refractivity contribution is 9.10. The summed E-state index contributed by atoms with van der Waals surface area (Å²) in [6.07, 6.45) is 0. The second-order valence-electron chi connectivity index (χ2n) is 5.89. The van der Waals surface area contributed by atoms with Crippen LogP contribution in [-0.2, 0) is 4.79 Å². The van der Waals surface area contributed by atoms with Crippen LogP contribution in [0.4, 0.5) is 5.82 Å². The highest BCUT2D eigenvalue weighted by Crippen LogP contribution is 2.44. The van der Waals surface area contributed by atoms with Gasteiger partial charge in [-0.25, -0.2) is 4.68 Å². The second-order valence-corrected chi connectivity index (χ2v) is 7.90. The molecule has 126 valence electrons. The number of benzene rings is 2. The minimum atomic E-state index is 0.000767. The minimum Gasteiger partial charge on any atom is -0.310 e. The number of para-hydroxylation sites is 1. The number of hydrogen-bond acceptors (Lipinski definition) is 3. The number of amides is 1. The van der Waals surface area contributed by atoms with Crippen molar-refractivity contribution in [3.8, 4) is 5.69 Å². The van der Waals surface area contributed by atoms with Crippen LogP contribution < -0.4 is 5.32 Å². The Kier molecular flexibility index (Phi) is 4.39. The number of anilines is 1. The summed E-state index contributed by atoms with van der Waals surface area (Å²) in [4.78, 5) is 12.3. The minimum absolute atomic E-state index is 0.000767. The highest BCUT2D eigenvalue weighted by Gasteiger charge is 2.30. The van der Waals surface area contributed by atoms with Crippen LogP contribution in [0, 0.1) is 6.92 Å². The third-order valence-electron chi connectivity index (χ3n) is 4.16. The normalized spacial score (nSPS) is 16.9. The predicted octanol–water partition coefficient (Wildman–Crippen LogP) is 4.72. The number of carbonyl (C=O) groups is 1. The number of thioether (sulfide) groups is 1. The third kappa shape index (κ3) is 3.12. The first-order valence-corrected chi connectivity index (χ1v) is 9.79. The molecule has 25 heavy (non-hydrogen) atoms. The molecule has 0 saturated carbocycles. The van der Waals surface area contributed by atoms with E-state index in [-0.39, 0.29) is 11.2 Å². The molecule has 1 aliphatic heterocycles. The SMILES string of the molecule is Cc1nn(-c2ccccc2)c2c1[C@H](c1cccc(Br)c1)SCC(=O)N2. The molecule has 2 heterocycles. The molecule has 0 spiro atoms. The number of halogens is 1. The molecule has 1 aliphatic rings. The molecule has 0 unspecified atom stereocenters. The van der Waals surface area contributed by atoms with E-state index in [4.69, 9.17) is 5.10 Å². The van der Waals surface area contributed by atoms with Crippen LogP contribution in [-0.4, -0.2) is 21.4 Å². The number of carbonyl (C=O) groups excluding carboxylic acids is 1. The molecule has 1 amide bonds. The van der Waals surface area contributed by atoms with Crippen LogP contribution in [0.1, 0.15) is 22.1 Å². The van der Waals surface area contributed by atoms with Crippen molar-refractivity contribution in [2.24, 2.45) is 0 Å². The van der Waals surface area contributed by atoms with Gasteiger partial charge in [-0.2, -0.15) is 5.10 Å². The number of fused-ring (bicyclic) bond motifs is 1. The maximum Gasteiger partial charge on any atom is 0.235 e. The smallest absolute Gasteiger partial charge is 0.235 e. The van der Waals surface area contributed by atoms with Gasteiger partial charge >= 0.3 is 0 Å². The van der Waals surface area contributed by atoms with Crippen molar-refractivity contribution in [3.63, 3.8) is 0 Å². The van der Waals surface area contributed by atoms with Gasteiger partial charge in [0.25, 0.3) is 0 Å². The number of aryl methyl sites for hydroxylation is 1. The zero-order valence-corrected chi connectivity index (χ0v) is 16.0. The fraction of sp³-hybridized carbons (Fsp3) is 0.158. The lowest BCUT2D eigenvalue weighted by Crippen LogP contribution is -2.15. The summed E-state index contributed by atoms with van der Waals surface area (Å²) >= 11 is 5.18. The van der Waals surface area contributed by atoms with Crippen LogP contribution in [0.3, 0.4) is 0 Å². The Labute approximate surface area is 158 Å². The summed E-state index contributed by atoms with van der Waals surface area (Å²) in [5.74, 6) is 1.18. The number of aromatic nitrogens is 2. The Balaban J connectivity index is 1.90. The van der Waals surface area contributed by atoms with Crippen molar-refractivity contribution in [2.75, 3.05) is 11.1 Å². The van der Waals surface area contributed by atoms with Crippen molar-refractivity contribution < 1.29 is 4.79 Å². The van der Waals surface area contributed by atoms with Gasteiger partial charge in [0.05, 0.1) is 22.4 Å². The van der Waals surface area contributed by atoms with Gasteiger partial charge in [-0.05, 0) is 36.8 Å². The number of nitrogens with zero attached hydrogens (tertiary/aromatic N) is 2. The lowest BCUT2D eigenvalue weighted by molar-refractivity contribution is -0.113. The second kappa shape index (κ2) is 6.69. The molecule has 2 aromatic carbocycles. The standard InChI is InChI=1S/C19H16BrN3OS/c1-12-17-18(13-6-5-7-14(20)10-13)25-11-16(24)21-19(17)23(22-12)15-8-3-2-4-9-15/h2-10,18H,11H2,1H3,(H,21,24)/t18-/m0/s1. The molecule has 3 aromatic rings. The summed E-state index contributed by atoms with van der Waals surface area (Å²) < 4.78 is 2.86. The van der Waals surface area contributed by atoms with Gasteiger partial charge in [-0.1, -0.05) is 46.3 Å². The van der Waals surface area contributed by atoms with Crippen molar-refractivity contribution in [1.82, 2.24) is 9.78 Å². The van der Waals surface area contributed by atoms with Gasteiger partial charge in [0.1, 0.15) is 5.82 Å². The average molecular weight is 414 g/mol. The van der Waals surface area contributed by atoms with E-state index in [0.717, 1.165) is 32.8 Å². The van der Waals surface area contributed by atoms with Crippen LogP contribution >= 0.6 is 27.7 Å². The van der Waals surface area contributed by atoms with Crippen LogP contribution in [0.2, 0.25) is 0 Å². The maximum absolute atomic E-state index is 12.3. The van der Waals surface area contributed by atoms with Crippen LogP contribution in [0.15, 0.2) is 59.1 Å². The Bertz CT molecular complexity index is 939. The Hall–Kier alpha value is -2.05. The molecule has 1 atom stereocenters. The molecular weight excluding hydrogens is 398 g/mol. The van der Waals surface area contributed by atoms with Gasteiger partial charge in [0.15, 0.2) is 0 Å². The molecule has 1 aromatic heterocycles. The van der Waals surface area contributed by atoms with Crippen molar-refractivity contribution in [1.29, 1.82) is 0 Å². The van der Waals surface area contributed by atoms with Gasteiger partial charge in [-0.15, -0.1) is 11.8 Å². The lowest BCUT2D eigenvalue weighted by Gasteiger charge is -2.15. The van der Waals surface area contributed by atoms with Crippen molar-refractivity contribution in [3.05, 3.63) is 75.9 Å². The lowest BCUT2D eigenvalue weighted by atomic mass is 10.0. The van der Waals surface area contributed by atoms with Gasteiger partial charge < -0.3 is 5.32 Å². The maximum atomic E-state index is 12.3. The van der Waals surface area contributed by atoms with Crippen molar-refractivity contribution in [2.45, 2.75) is 12.2 Å². The van der Waals surface area contributed by atoms with E-state index in [1.54, 1.807) is 11.8 Å². The fourth-order valence-electron chi connectivity index (χ4n) is 3.07. The molecule has 0 bridgehead atoms. The van der Waals surface area contributed by atoms with E-state index < -0.39 is 0 Å². The monoisotopic (exact) mass is 413 g/mol. The molecule has 1 N–H and O–H groups in total. The van der Waals surface area contributed by atoms with E-state index >= 15 is 0 Å². The van der Waals surface area contributed by atoms with Crippen LogP contribution in [0.25, 0.3) is 5.69 Å². The topological polar surface area (TPSA) is 46.9 Å². The summed E-state index contributed by atoms with van der Waals surface area (Å²) in [6, 6.07) is 18.1.